The zero-order chi connectivity index (χ0) is 22.9. The third kappa shape index (κ3) is 6.12. The number of rotatable bonds is 7. The average molecular weight is 430 g/mol. The van der Waals surface area contributed by atoms with Gasteiger partial charge in [-0.2, -0.15) is 5.10 Å². The van der Waals surface area contributed by atoms with Crippen molar-refractivity contribution in [2.75, 3.05) is 19.0 Å². The molecule has 32 heavy (non-hydrogen) atoms. The molecule has 3 aromatic rings. The minimum Gasteiger partial charge on any atom is -0.378 e. The minimum atomic E-state index is -0.640. The summed E-state index contributed by atoms with van der Waals surface area (Å²) in [6.45, 7) is 0. The number of carbonyl (C=O) groups is 2. The topological polar surface area (TPSA) is 73.8 Å². The summed E-state index contributed by atoms with van der Waals surface area (Å²) in [4.78, 5) is 27.3. The summed E-state index contributed by atoms with van der Waals surface area (Å²) < 4.78 is 13.7. The summed E-state index contributed by atoms with van der Waals surface area (Å²) in [5, 5.41) is 6.45. The van der Waals surface area contributed by atoms with Crippen molar-refractivity contribution in [3.63, 3.8) is 0 Å². The molecule has 6 nitrogen and oxygen atoms in total. The highest BCUT2D eigenvalue weighted by Gasteiger charge is 2.14. The van der Waals surface area contributed by atoms with E-state index in [1.807, 2.05) is 43.3 Å². The number of halogens is 1. The first kappa shape index (κ1) is 22.4. The molecule has 0 aliphatic heterocycles. The lowest BCUT2D eigenvalue weighted by Crippen LogP contribution is -2.32. The van der Waals surface area contributed by atoms with Crippen LogP contribution in [-0.4, -0.2) is 32.1 Å². The number of hydrogen-bond acceptors (Lipinski definition) is 4. The van der Waals surface area contributed by atoms with E-state index in [0.29, 0.717) is 11.1 Å². The molecule has 7 heteroatoms. The molecule has 0 bridgehead atoms. The van der Waals surface area contributed by atoms with E-state index in [4.69, 9.17) is 0 Å². The lowest BCUT2D eigenvalue weighted by Gasteiger charge is -2.12. The normalized spacial score (nSPS) is 11.3. The van der Waals surface area contributed by atoms with Crippen LogP contribution in [0.4, 0.5) is 10.1 Å². The van der Waals surface area contributed by atoms with Crippen molar-refractivity contribution in [3.8, 4) is 0 Å². The van der Waals surface area contributed by atoms with Gasteiger partial charge in [0.1, 0.15) is 11.5 Å². The number of hydrogen-bond donors (Lipinski definition) is 2. The maximum Gasteiger partial charge on any atom is 0.287 e. The van der Waals surface area contributed by atoms with Crippen LogP contribution in [-0.2, 0) is 4.79 Å². The van der Waals surface area contributed by atoms with Crippen molar-refractivity contribution in [1.82, 2.24) is 10.7 Å². The lowest BCUT2D eigenvalue weighted by molar-refractivity contribution is -0.117. The standard InChI is InChI=1S/C25H23FN4O2/c1-30(2)21-14-12-18(13-15-21)16-23(28-24(31)19-8-4-3-5-9-19)25(32)29-27-17-20-10-6-7-11-22(20)26/h3-17H,1-2H3,(H,28,31)(H,29,32)/b23-16-,27-17-. The lowest BCUT2D eigenvalue weighted by atomic mass is 10.1. The van der Waals surface area contributed by atoms with Gasteiger partial charge >= 0.3 is 0 Å². The molecule has 0 unspecified atom stereocenters. The van der Waals surface area contributed by atoms with E-state index in [2.05, 4.69) is 15.8 Å². The Labute approximate surface area is 186 Å². The Morgan fingerprint density at radius 2 is 1.56 bits per heavy atom. The number of nitrogens with one attached hydrogen (secondary N) is 2. The largest absolute Gasteiger partial charge is 0.378 e. The molecular formula is C25H23FN4O2. The number of nitrogens with zero attached hydrogens (tertiary/aromatic N) is 2. The van der Waals surface area contributed by atoms with Gasteiger partial charge in [-0.15, -0.1) is 0 Å². The third-order valence-electron chi connectivity index (χ3n) is 4.52. The Morgan fingerprint density at radius 3 is 2.22 bits per heavy atom. The van der Waals surface area contributed by atoms with E-state index in [1.165, 1.54) is 18.3 Å². The first-order valence-corrected chi connectivity index (χ1v) is 9.87. The molecule has 0 heterocycles. The van der Waals surface area contributed by atoms with Crippen molar-refractivity contribution >= 4 is 29.8 Å². The van der Waals surface area contributed by atoms with Gasteiger partial charge in [0.2, 0.25) is 0 Å². The van der Waals surface area contributed by atoms with Crippen LogP contribution in [0.25, 0.3) is 6.08 Å². The van der Waals surface area contributed by atoms with Crippen LogP contribution in [0.5, 0.6) is 0 Å². The fourth-order valence-electron chi connectivity index (χ4n) is 2.78. The molecule has 0 spiro atoms. The molecule has 3 rings (SSSR count). The van der Waals surface area contributed by atoms with Gasteiger partial charge in [-0.25, -0.2) is 9.82 Å². The average Bonchev–Trinajstić information content (AvgIpc) is 2.80. The fourth-order valence-corrected chi connectivity index (χ4v) is 2.78. The van der Waals surface area contributed by atoms with E-state index in [0.717, 1.165) is 5.69 Å². The van der Waals surface area contributed by atoms with Crippen molar-refractivity contribution < 1.29 is 14.0 Å². The molecule has 0 fully saturated rings. The highest BCUT2D eigenvalue weighted by Crippen LogP contribution is 2.14. The molecule has 0 aliphatic carbocycles. The van der Waals surface area contributed by atoms with Crippen LogP contribution >= 0.6 is 0 Å². The van der Waals surface area contributed by atoms with E-state index < -0.39 is 17.6 Å². The zero-order valence-electron chi connectivity index (χ0n) is 17.7. The van der Waals surface area contributed by atoms with Gasteiger partial charge in [0.05, 0.1) is 6.21 Å². The second-order valence-electron chi connectivity index (χ2n) is 7.08. The van der Waals surface area contributed by atoms with Crippen LogP contribution in [0, 0.1) is 5.82 Å². The molecular weight excluding hydrogens is 407 g/mol. The van der Waals surface area contributed by atoms with Gasteiger partial charge in [-0.05, 0) is 42.0 Å². The highest BCUT2D eigenvalue weighted by atomic mass is 19.1. The van der Waals surface area contributed by atoms with Crippen LogP contribution in [0.15, 0.2) is 89.7 Å². The molecule has 0 saturated carbocycles. The molecule has 3 aromatic carbocycles. The Bertz CT molecular complexity index is 1140. The van der Waals surface area contributed by atoms with Crippen molar-refractivity contribution in [2.24, 2.45) is 5.10 Å². The highest BCUT2D eigenvalue weighted by molar-refractivity contribution is 6.05. The first-order chi connectivity index (χ1) is 15.4. The SMILES string of the molecule is CN(C)c1ccc(/C=C(\NC(=O)c2ccccc2)C(=O)N/N=C\c2ccccc2F)cc1. The van der Waals surface area contributed by atoms with Crippen molar-refractivity contribution in [1.29, 1.82) is 0 Å². The van der Waals surface area contributed by atoms with Gasteiger partial charge < -0.3 is 10.2 Å². The first-order valence-electron chi connectivity index (χ1n) is 9.87. The van der Waals surface area contributed by atoms with Gasteiger partial charge in [0, 0.05) is 30.9 Å². The van der Waals surface area contributed by atoms with E-state index in [9.17, 15) is 14.0 Å². The number of carbonyl (C=O) groups excluding carboxylic acids is 2. The van der Waals surface area contributed by atoms with E-state index in [-0.39, 0.29) is 11.3 Å². The monoisotopic (exact) mass is 430 g/mol. The second kappa shape index (κ2) is 10.7. The molecule has 0 radical (unpaired) electrons. The van der Waals surface area contributed by atoms with Crippen molar-refractivity contribution in [2.45, 2.75) is 0 Å². The van der Waals surface area contributed by atoms with Crippen LogP contribution in [0.2, 0.25) is 0 Å². The number of benzene rings is 3. The van der Waals surface area contributed by atoms with E-state index >= 15 is 0 Å². The quantitative estimate of drug-likeness (QED) is 0.340. The second-order valence-corrected chi connectivity index (χ2v) is 7.08. The van der Waals surface area contributed by atoms with Gasteiger partial charge in [0.25, 0.3) is 11.8 Å². The minimum absolute atomic E-state index is 0.00198. The molecule has 0 atom stereocenters. The summed E-state index contributed by atoms with van der Waals surface area (Å²) in [6, 6.07) is 22.1. The van der Waals surface area contributed by atoms with Crippen LogP contribution in [0.3, 0.4) is 0 Å². The van der Waals surface area contributed by atoms with Gasteiger partial charge in [0.15, 0.2) is 0 Å². The number of anilines is 1. The van der Waals surface area contributed by atoms with Crippen LogP contribution < -0.4 is 15.6 Å². The number of hydrazone groups is 1. The van der Waals surface area contributed by atoms with Gasteiger partial charge in [-0.1, -0.05) is 48.5 Å². The summed E-state index contributed by atoms with van der Waals surface area (Å²) in [6.07, 6.45) is 2.75. The van der Waals surface area contributed by atoms with Crippen LogP contribution in [0.1, 0.15) is 21.5 Å². The number of amides is 2. The Morgan fingerprint density at radius 1 is 0.906 bits per heavy atom. The Hall–Kier alpha value is -4.26. The summed E-state index contributed by atoms with van der Waals surface area (Å²) >= 11 is 0. The zero-order valence-corrected chi connectivity index (χ0v) is 17.7. The van der Waals surface area contributed by atoms with E-state index in [1.54, 1.807) is 48.5 Å². The van der Waals surface area contributed by atoms with Gasteiger partial charge in [-0.3, -0.25) is 9.59 Å². The fraction of sp³-hybridized carbons (Fsp3) is 0.0800. The smallest absolute Gasteiger partial charge is 0.287 e. The molecule has 0 saturated heterocycles. The Kier molecular flexibility index (Phi) is 7.48. The maximum atomic E-state index is 13.7. The predicted molar refractivity (Wildman–Crippen MR) is 125 cm³/mol. The van der Waals surface area contributed by atoms with Crippen molar-refractivity contribution in [3.05, 3.63) is 107 Å². The molecule has 0 aliphatic rings. The molecule has 2 amide bonds. The summed E-state index contributed by atoms with van der Waals surface area (Å²) in [7, 11) is 3.86. The predicted octanol–water partition coefficient (Wildman–Crippen LogP) is 3.81. The summed E-state index contributed by atoms with van der Waals surface area (Å²) in [5.41, 5.74) is 4.69. The maximum absolute atomic E-state index is 13.7. The molecule has 0 aromatic heterocycles. The third-order valence-corrected chi connectivity index (χ3v) is 4.52. The molecule has 2 N–H and O–H groups in total. The molecule has 162 valence electrons. The summed E-state index contributed by atoms with van der Waals surface area (Å²) in [5.74, 6) is -1.53. The Balaban J connectivity index is 1.82.